The molecule has 16 heavy (non-hydrogen) atoms. The summed E-state index contributed by atoms with van der Waals surface area (Å²) in [6.07, 6.45) is 5.74. The monoisotopic (exact) mass is 212 g/mol. The van der Waals surface area contributed by atoms with Crippen LogP contribution in [0.15, 0.2) is 36.7 Å². The Labute approximate surface area is 96.4 Å². The van der Waals surface area contributed by atoms with Crippen LogP contribution in [0.1, 0.15) is 25.0 Å². The van der Waals surface area contributed by atoms with E-state index in [9.17, 15) is 0 Å². The fraction of sp³-hybridized carbons (Fsp3) is 0.286. The Balaban J connectivity index is 2.57. The van der Waals surface area contributed by atoms with Crippen molar-refractivity contribution >= 4 is 0 Å². The van der Waals surface area contributed by atoms with E-state index in [2.05, 4.69) is 29.9 Å². The van der Waals surface area contributed by atoms with Crippen molar-refractivity contribution in [2.75, 3.05) is 0 Å². The zero-order valence-electron chi connectivity index (χ0n) is 9.77. The molecule has 0 saturated carbocycles. The van der Waals surface area contributed by atoms with Gasteiger partial charge < -0.3 is 0 Å². The molecule has 0 bridgehead atoms. The van der Waals surface area contributed by atoms with E-state index in [1.54, 1.807) is 0 Å². The number of hydrogen-bond acceptors (Lipinski definition) is 2. The molecule has 2 aromatic heterocycles. The zero-order chi connectivity index (χ0) is 11.4. The summed E-state index contributed by atoms with van der Waals surface area (Å²) in [7, 11) is 0. The topological polar surface area (TPSA) is 25.8 Å². The van der Waals surface area contributed by atoms with Crippen molar-refractivity contribution < 1.29 is 0 Å². The van der Waals surface area contributed by atoms with Crippen LogP contribution in [0.3, 0.4) is 0 Å². The van der Waals surface area contributed by atoms with Gasteiger partial charge in [0, 0.05) is 12.4 Å². The van der Waals surface area contributed by atoms with E-state index in [0.29, 0.717) is 0 Å². The Morgan fingerprint density at radius 2 is 1.81 bits per heavy atom. The van der Waals surface area contributed by atoms with Gasteiger partial charge in [0.25, 0.3) is 0 Å². The normalized spacial score (nSPS) is 10.4. The number of nitrogens with zero attached hydrogens (tertiary/aromatic N) is 2. The van der Waals surface area contributed by atoms with Crippen molar-refractivity contribution in [3.8, 4) is 11.4 Å². The Hall–Kier alpha value is -1.70. The summed E-state index contributed by atoms with van der Waals surface area (Å²) in [4.78, 5) is 8.84. The molecule has 2 aromatic rings. The van der Waals surface area contributed by atoms with E-state index in [1.807, 2.05) is 30.6 Å². The minimum Gasteiger partial charge on any atom is -0.255 e. The maximum Gasteiger partial charge on any atom is 0.0920 e. The van der Waals surface area contributed by atoms with E-state index < -0.39 is 0 Å². The van der Waals surface area contributed by atoms with Crippen molar-refractivity contribution in [1.82, 2.24) is 9.97 Å². The molecule has 0 aliphatic heterocycles. The molecule has 0 unspecified atom stereocenters. The summed E-state index contributed by atoms with van der Waals surface area (Å²) in [5.41, 5.74) is 4.69. The van der Waals surface area contributed by atoms with Gasteiger partial charge in [-0.05, 0) is 42.2 Å². The number of pyridine rings is 2. The minimum absolute atomic E-state index is 0.967. The lowest BCUT2D eigenvalue weighted by Gasteiger charge is -2.10. The summed E-state index contributed by atoms with van der Waals surface area (Å²) in [5, 5.41) is 0. The van der Waals surface area contributed by atoms with Crippen molar-refractivity contribution in [1.29, 1.82) is 0 Å². The highest BCUT2D eigenvalue weighted by atomic mass is 14.8. The maximum absolute atomic E-state index is 4.47. The zero-order valence-corrected chi connectivity index (χ0v) is 9.77. The third kappa shape index (κ3) is 1.96. The van der Waals surface area contributed by atoms with E-state index in [4.69, 9.17) is 0 Å². The van der Waals surface area contributed by atoms with Crippen LogP contribution < -0.4 is 0 Å². The molecule has 2 rings (SSSR count). The van der Waals surface area contributed by atoms with Gasteiger partial charge in [-0.1, -0.05) is 19.9 Å². The largest absolute Gasteiger partial charge is 0.255 e. The van der Waals surface area contributed by atoms with Crippen LogP contribution in [-0.2, 0) is 12.8 Å². The molecule has 0 fully saturated rings. The Bertz CT molecular complexity index is 463. The molecule has 0 aliphatic rings. The van der Waals surface area contributed by atoms with Gasteiger partial charge in [-0.15, -0.1) is 0 Å². The van der Waals surface area contributed by atoms with Gasteiger partial charge in [-0.25, -0.2) is 0 Å². The number of rotatable bonds is 3. The Kier molecular flexibility index (Phi) is 3.30. The second-order valence-electron chi connectivity index (χ2n) is 3.72. The molecule has 0 N–H and O–H groups in total. The van der Waals surface area contributed by atoms with E-state index in [1.165, 1.54) is 11.1 Å². The van der Waals surface area contributed by atoms with Gasteiger partial charge in [-0.2, -0.15) is 0 Å². The van der Waals surface area contributed by atoms with Crippen molar-refractivity contribution in [3.63, 3.8) is 0 Å². The van der Waals surface area contributed by atoms with Crippen molar-refractivity contribution in [3.05, 3.63) is 47.8 Å². The average Bonchev–Trinajstić information content (AvgIpc) is 2.38. The first kappa shape index (κ1) is 10.8. The van der Waals surface area contributed by atoms with Gasteiger partial charge in [0.2, 0.25) is 0 Å². The fourth-order valence-corrected chi connectivity index (χ4v) is 1.98. The van der Waals surface area contributed by atoms with Gasteiger partial charge in [0.1, 0.15) is 0 Å². The number of aryl methyl sites for hydroxylation is 1. The molecule has 0 amide bonds. The van der Waals surface area contributed by atoms with Crippen LogP contribution in [-0.4, -0.2) is 9.97 Å². The van der Waals surface area contributed by atoms with Crippen LogP contribution in [0.4, 0.5) is 0 Å². The lowest BCUT2D eigenvalue weighted by Crippen LogP contribution is -1.98. The quantitative estimate of drug-likeness (QED) is 0.780. The van der Waals surface area contributed by atoms with Gasteiger partial charge in [0.05, 0.1) is 11.4 Å². The maximum atomic E-state index is 4.47. The molecule has 2 heterocycles. The standard InChI is InChI=1S/C14H16N2/c1-3-11-8-10-16-14(12(11)4-2)13-7-5-6-9-15-13/h5-10H,3-4H2,1-2H3. The summed E-state index contributed by atoms with van der Waals surface area (Å²) < 4.78 is 0. The second-order valence-corrected chi connectivity index (χ2v) is 3.72. The summed E-state index contributed by atoms with van der Waals surface area (Å²) >= 11 is 0. The first-order valence-corrected chi connectivity index (χ1v) is 5.75. The van der Waals surface area contributed by atoms with Crippen LogP contribution in [0.5, 0.6) is 0 Å². The van der Waals surface area contributed by atoms with Crippen molar-refractivity contribution in [2.24, 2.45) is 0 Å². The average molecular weight is 212 g/mol. The van der Waals surface area contributed by atoms with Gasteiger partial charge >= 0.3 is 0 Å². The molecule has 0 saturated heterocycles. The van der Waals surface area contributed by atoms with Gasteiger partial charge in [0.15, 0.2) is 0 Å². The Morgan fingerprint density at radius 1 is 0.938 bits per heavy atom. The highest BCUT2D eigenvalue weighted by Gasteiger charge is 2.09. The molecular formula is C14H16N2. The third-order valence-electron chi connectivity index (χ3n) is 2.79. The molecule has 2 heteroatoms. The minimum atomic E-state index is 0.967. The van der Waals surface area contributed by atoms with Crippen molar-refractivity contribution in [2.45, 2.75) is 26.7 Å². The molecule has 0 radical (unpaired) electrons. The van der Waals surface area contributed by atoms with Crippen LogP contribution in [0, 0.1) is 0 Å². The molecule has 82 valence electrons. The molecule has 0 aromatic carbocycles. The summed E-state index contributed by atoms with van der Waals surface area (Å²) in [6.45, 7) is 4.35. The second kappa shape index (κ2) is 4.88. The predicted octanol–water partition coefficient (Wildman–Crippen LogP) is 3.27. The molecule has 2 nitrogen and oxygen atoms in total. The smallest absolute Gasteiger partial charge is 0.0920 e. The number of hydrogen-bond donors (Lipinski definition) is 0. The highest BCUT2D eigenvalue weighted by Crippen LogP contribution is 2.22. The first-order valence-electron chi connectivity index (χ1n) is 5.75. The molecular weight excluding hydrogens is 196 g/mol. The van der Waals surface area contributed by atoms with E-state index in [0.717, 1.165) is 24.2 Å². The number of aromatic nitrogens is 2. The lowest BCUT2D eigenvalue weighted by molar-refractivity contribution is 1.01. The fourth-order valence-electron chi connectivity index (χ4n) is 1.98. The lowest BCUT2D eigenvalue weighted by atomic mass is 10.0. The predicted molar refractivity (Wildman–Crippen MR) is 66.2 cm³/mol. The molecule has 0 aliphatic carbocycles. The summed E-state index contributed by atoms with van der Waals surface area (Å²) in [5.74, 6) is 0. The Morgan fingerprint density at radius 3 is 2.44 bits per heavy atom. The van der Waals surface area contributed by atoms with E-state index in [-0.39, 0.29) is 0 Å². The van der Waals surface area contributed by atoms with Gasteiger partial charge in [-0.3, -0.25) is 9.97 Å². The molecule has 0 atom stereocenters. The van der Waals surface area contributed by atoms with E-state index >= 15 is 0 Å². The van der Waals surface area contributed by atoms with Crippen LogP contribution in [0.25, 0.3) is 11.4 Å². The highest BCUT2D eigenvalue weighted by molar-refractivity contribution is 5.60. The summed E-state index contributed by atoms with van der Waals surface area (Å²) in [6, 6.07) is 8.05. The van der Waals surface area contributed by atoms with Crippen LogP contribution >= 0.6 is 0 Å². The van der Waals surface area contributed by atoms with Crippen LogP contribution in [0.2, 0.25) is 0 Å². The first-order chi connectivity index (χ1) is 7.86. The SMILES string of the molecule is CCc1ccnc(-c2ccccn2)c1CC. The third-order valence-corrected chi connectivity index (χ3v) is 2.79. The molecule has 0 spiro atoms.